The molecule has 1 heterocycles. The average Bonchev–Trinajstić information content (AvgIpc) is 2.30. The zero-order valence-electron chi connectivity index (χ0n) is 8.40. The summed E-state index contributed by atoms with van der Waals surface area (Å²) in [7, 11) is 0. The van der Waals surface area contributed by atoms with Gasteiger partial charge in [0.2, 0.25) is 0 Å². The molecule has 3 nitrogen and oxygen atoms in total. The van der Waals surface area contributed by atoms with E-state index in [0.29, 0.717) is 0 Å². The van der Waals surface area contributed by atoms with Crippen molar-refractivity contribution < 1.29 is 9.13 Å². The Morgan fingerprint density at radius 3 is 2.53 bits per heavy atom. The molecule has 2 rings (SSSR count). The van der Waals surface area contributed by atoms with Crippen LogP contribution in [0.1, 0.15) is 5.56 Å². The fourth-order valence-corrected chi connectivity index (χ4v) is 1.37. The maximum Gasteiger partial charge on any atom is 0.123 e. The van der Waals surface area contributed by atoms with Gasteiger partial charge in [0.25, 0.3) is 0 Å². The molecular formula is C11H13FN2O. The number of morpholine rings is 1. The predicted octanol–water partition coefficient (Wildman–Crippen LogP) is 1.49. The van der Waals surface area contributed by atoms with Crippen LogP contribution in [-0.4, -0.2) is 37.5 Å². The molecule has 1 aliphatic heterocycles. The number of hydrazone groups is 1. The molecule has 1 aliphatic rings. The molecule has 4 heteroatoms. The standard InChI is InChI=1S/C11H13FN2O/c12-11-3-1-10(2-4-11)9-13-14-5-7-15-8-6-14/h1-4,9H,5-8H2/b13-9-. The topological polar surface area (TPSA) is 24.8 Å². The van der Waals surface area contributed by atoms with Gasteiger partial charge in [0, 0.05) is 0 Å². The summed E-state index contributed by atoms with van der Waals surface area (Å²) in [5.74, 6) is -0.224. The third-order valence-corrected chi connectivity index (χ3v) is 2.23. The Balaban J connectivity index is 1.95. The molecule has 0 bridgehead atoms. The molecule has 15 heavy (non-hydrogen) atoms. The van der Waals surface area contributed by atoms with E-state index >= 15 is 0 Å². The number of hydrogen-bond acceptors (Lipinski definition) is 3. The summed E-state index contributed by atoms with van der Waals surface area (Å²) in [5.41, 5.74) is 0.905. The largest absolute Gasteiger partial charge is 0.378 e. The summed E-state index contributed by atoms with van der Waals surface area (Å²) in [6.45, 7) is 3.08. The second-order valence-electron chi connectivity index (χ2n) is 3.36. The predicted molar refractivity (Wildman–Crippen MR) is 56.4 cm³/mol. The fraction of sp³-hybridized carbons (Fsp3) is 0.364. The minimum atomic E-state index is -0.224. The van der Waals surface area contributed by atoms with Gasteiger partial charge in [-0.3, -0.25) is 5.01 Å². The van der Waals surface area contributed by atoms with Crippen molar-refractivity contribution >= 4 is 6.21 Å². The highest BCUT2D eigenvalue weighted by Gasteiger charge is 2.05. The number of halogens is 1. The Morgan fingerprint density at radius 2 is 1.87 bits per heavy atom. The van der Waals surface area contributed by atoms with Gasteiger partial charge in [-0.05, 0) is 17.7 Å². The van der Waals surface area contributed by atoms with Crippen LogP contribution in [0.4, 0.5) is 4.39 Å². The number of benzene rings is 1. The van der Waals surface area contributed by atoms with Crippen LogP contribution in [-0.2, 0) is 4.74 Å². The van der Waals surface area contributed by atoms with Crippen LogP contribution < -0.4 is 0 Å². The van der Waals surface area contributed by atoms with Crippen molar-refractivity contribution in [2.24, 2.45) is 5.10 Å². The molecule has 0 saturated carbocycles. The maximum atomic E-state index is 12.6. The molecule has 0 aliphatic carbocycles. The molecule has 1 fully saturated rings. The van der Waals surface area contributed by atoms with E-state index in [0.717, 1.165) is 31.9 Å². The van der Waals surface area contributed by atoms with Crippen molar-refractivity contribution in [1.29, 1.82) is 0 Å². The Hall–Kier alpha value is -1.42. The Bertz CT molecular complexity index is 331. The average molecular weight is 208 g/mol. The highest BCUT2D eigenvalue weighted by Crippen LogP contribution is 2.01. The highest BCUT2D eigenvalue weighted by atomic mass is 19.1. The van der Waals surface area contributed by atoms with Crippen LogP contribution in [0.3, 0.4) is 0 Å². The van der Waals surface area contributed by atoms with E-state index in [9.17, 15) is 4.39 Å². The number of nitrogens with zero attached hydrogens (tertiary/aromatic N) is 2. The van der Waals surface area contributed by atoms with E-state index in [1.165, 1.54) is 12.1 Å². The molecule has 0 unspecified atom stereocenters. The zero-order valence-corrected chi connectivity index (χ0v) is 8.40. The molecule has 0 atom stereocenters. The first-order valence-electron chi connectivity index (χ1n) is 4.97. The number of ether oxygens (including phenoxy) is 1. The van der Waals surface area contributed by atoms with Crippen molar-refractivity contribution in [1.82, 2.24) is 5.01 Å². The molecule has 1 saturated heterocycles. The summed E-state index contributed by atoms with van der Waals surface area (Å²) < 4.78 is 17.8. The summed E-state index contributed by atoms with van der Waals surface area (Å²) in [4.78, 5) is 0. The van der Waals surface area contributed by atoms with Gasteiger partial charge >= 0.3 is 0 Å². The second kappa shape index (κ2) is 4.89. The van der Waals surface area contributed by atoms with Gasteiger partial charge in [-0.15, -0.1) is 0 Å². The van der Waals surface area contributed by atoms with E-state index in [-0.39, 0.29) is 5.82 Å². The number of rotatable bonds is 2. The van der Waals surface area contributed by atoms with Crippen LogP contribution in [0, 0.1) is 5.82 Å². The van der Waals surface area contributed by atoms with Crippen LogP contribution >= 0.6 is 0 Å². The first-order valence-corrected chi connectivity index (χ1v) is 4.97. The van der Waals surface area contributed by atoms with Crippen LogP contribution in [0.5, 0.6) is 0 Å². The molecule has 1 aromatic rings. The Labute approximate surface area is 88.2 Å². The van der Waals surface area contributed by atoms with Gasteiger partial charge in [-0.25, -0.2) is 4.39 Å². The zero-order chi connectivity index (χ0) is 10.5. The van der Waals surface area contributed by atoms with Gasteiger partial charge in [0.05, 0.1) is 32.5 Å². The van der Waals surface area contributed by atoms with Crippen LogP contribution in [0.25, 0.3) is 0 Å². The van der Waals surface area contributed by atoms with E-state index in [2.05, 4.69) is 5.10 Å². The van der Waals surface area contributed by atoms with E-state index in [4.69, 9.17) is 4.74 Å². The quantitative estimate of drug-likeness (QED) is 0.688. The lowest BCUT2D eigenvalue weighted by molar-refractivity contribution is 0.0397. The second-order valence-corrected chi connectivity index (χ2v) is 3.36. The smallest absolute Gasteiger partial charge is 0.123 e. The van der Waals surface area contributed by atoms with Crippen molar-refractivity contribution in [3.8, 4) is 0 Å². The summed E-state index contributed by atoms with van der Waals surface area (Å²) in [6, 6.07) is 6.28. The normalized spacial score (nSPS) is 17.3. The third kappa shape index (κ3) is 3.02. The van der Waals surface area contributed by atoms with Gasteiger partial charge in [-0.2, -0.15) is 5.10 Å². The van der Waals surface area contributed by atoms with Crippen molar-refractivity contribution in [3.63, 3.8) is 0 Å². The molecule has 0 amide bonds. The highest BCUT2D eigenvalue weighted by molar-refractivity contribution is 5.79. The first kappa shape index (κ1) is 10.1. The van der Waals surface area contributed by atoms with E-state index in [1.54, 1.807) is 18.3 Å². The summed E-state index contributed by atoms with van der Waals surface area (Å²) >= 11 is 0. The minimum Gasteiger partial charge on any atom is -0.378 e. The van der Waals surface area contributed by atoms with E-state index < -0.39 is 0 Å². The SMILES string of the molecule is Fc1ccc(/C=N\N2CCOCC2)cc1. The van der Waals surface area contributed by atoms with Crippen LogP contribution in [0.15, 0.2) is 29.4 Å². The molecular weight excluding hydrogens is 195 g/mol. The van der Waals surface area contributed by atoms with Gasteiger partial charge in [0.1, 0.15) is 5.82 Å². The van der Waals surface area contributed by atoms with Gasteiger partial charge in [0.15, 0.2) is 0 Å². The lowest BCUT2D eigenvalue weighted by Gasteiger charge is -2.23. The molecule has 0 aromatic heterocycles. The molecule has 1 aromatic carbocycles. The summed E-state index contributed by atoms with van der Waals surface area (Å²) in [5, 5.41) is 6.24. The Kier molecular flexibility index (Phi) is 3.29. The van der Waals surface area contributed by atoms with Crippen molar-refractivity contribution in [2.75, 3.05) is 26.3 Å². The first-order chi connectivity index (χ1) is 7.34. The van der Waals surface area contributed by atoms with Gasteiger partial charge in [-0.1, -0.05) is 12.1 Å². The molecule has 0 N–H and O–H groups in total. The lowest BCUT2D eigenvalue weighted by atomic mass is 10.2. The van der Waals surface area contributed by atoms with Crippen molar-refractivity contribution in [2.45, 2.75) is 0 Å². The monoisotopic (exact) mass is 208 g/mol. The van der Waals surface area contributed by atoms with Gasteiger partial charge < -0.3 is 4.74 Å². The number of hydrogen-bond donors (Lipinski definition) is 0. The fourth-order valence-electron chi connectivity index (χ4n) is 1.37. The molecule has 0 spiro atoms. The lowest BCUT2D eigenvalue weighted by Crippen LogP contribution is -2.32. The summed E-state index contributed by atoms with van der Waals surface area (Å²) in [6.07, 6.45) is 1.74. The maximum absolute atomic E-state index is 12.6. The molecule has 0 radical (unpaired) electrons. The third-order valence-electron chi connectivity index (χ3n) is 2.23. The van der Waals surface area contributed by atoms with Crippen molar-refractivity contribution in [3.05, 3.63) is 35.6 Å². The minimum absolute atomic E-state index is 0.224. The Morgan fingerprint density at radius 1 is 1.20 bits per heavy atom. The molecule has 80 valence electrons. The van der Waals surface area contributed by atoms with E-state index in [1.807, 2.05) is 5.01 Å². The van der Waals surface area contributed by atoms with Crippen LogP contribution in [0.2, 0.25) is 0 Å².